The maximum Gasteiger partial charge on any atom is 0.156 e. The largest absolute Gasteiger partial charge is 0.497 e. The van der Waals surface area contributed by atoms with Crippen molar-refractivity contribution in [2.75, 3.05) is 7.11 Å². The molecule has 2 aromatic carbocycles. The lowest BCUT2D eigenvalue weighted by atomic mass is 9.80. The second-order valence-corrected chi connectivity index (χ2v) is 9.64. The number of benzene rings is 2. The molecule has 1 N–H and O–H groups in total. The van der Waals surface area contributed by atoms with E-state index in [2.05, 4.69) is 0 Å². The molecule has 128 valence electrons. The molecule has 0 amide bonds. The number of rotatable bonds is 2. The summed E-state index contributed by atoms with van der Waals surface area (Å²) in [6, 6.07) is 11.7. The first-order chi connectivity index (χ1) is 11.4. The van der Waals surface area contributed by atoms with Crippen molar-refractivity contribution in [1.29, 1.82) is 0 Å². The van der Waals surface area contributed by atoms with Gasteiger partial charge in [-0.25, -0.2) is 8.42 Å². The van der Waals surface area contributed by atoms with Crippen molar-refractivity contribution in [3.05, 3.63) is 42.0 Å². The number of sulfone groups is 1. The molecule has 0 spiro atoms. The van der Waals surface area contributed by atoms with Crippen LogP contribution in [0.25, 0.3) is 10.8 Å². The van der Waals surface area contributed by atoms with Gasteiger partial charge in [0.05, 0.1) is 23.2 Å². The third kappa shape index (κ3) is 2.42. The molecule has 24 heavy (non-hydrogen) atoms. The minimum atomic E-state index is -3.07. The quantitative estimate of drug-likeness (QED) is 0.907. The van der Waals surface area contributed by atoms with E-state index in [4.69, 9.17) is 4.74 Å². The Labute approximate surface area is 142 Å². The Morgan fingerprint density at radius 1 is 1.04 bits per heavy atom. The molecule has 2 heterocycles. The van der Waals surface area contributed by atoms with E-state index in [1.165, 1.54) is 0 Å². The average Bonchev–Trinajstić information content (AvgIpc) is 2.55. The van der Waals surface area contributed by atoms with Gasteiger partial charge in [0.2, 0.25) is 0 Å². The Balaban J connectivity index is 1.74. The summed E-state index contributed by atoms with van der Waals surface area (Å²) < 4.78 is 30.2. The molecule has 2 bridgehead atoms. The maximum absolute atomic E-state index is 12.5. The summed E-state index contributed by atoms with van der Waals surface area (Å²) in [5.74, 6) is 0.798. The monoisotopic (exact) mass is 346 g/mol. The van der Waals surface area contributed by atoms with E-state index >= 15 is 0 Å². The zero-order chi connectivity index (χ0) is 16.9. The van der Waals surface area contributed by atoms with Gasteiger partial charge in [-0.3, -0.25) is 0 Å². The topological polar surface area (TPSA) is 63.6 Å². The van der Waals surface area contributed by atoms with Crippen LogP contribution in [0.2, 0.25) is 0 Å². The lowest BCUT2D eigenvalue weighted by Gasteiger charge is -2.44. The van der Waals surface area contributed by atoms with Crippen molar-refractivity contribution in [3.8, 4) is 5.75 Å². The molecule has 0 radical (unpaired) electrons. The van der Waals surface area contributed by atoms with Crippen molar-refractivity contribution >= 4 is 20.6 Å². The van der Waals surface area contributed by atoms with Crippen LogP contribution >= 0.6 is 0 Å². The van der Waals surface area contributed by atoms with Gasteiger partial charge in [-0.1, -0.05) is 24.6 Å². The zero-order valence-electron chi connectivity index (χ0n) is 13.7. The molecule has 2 unspecified atom stereocenters. The number of methoxy groups -OCH3 is 1. The molecule has 0 saturated carbocycles. The van der Waals surface area contributed by atoms with E-state index in [9.17, 15) is 13.5 Å². The summed E-state index contributed by atoms with van der Waals surface area (Å²) in [4.78, 5) is 0. The second-order valence-electron chi connectivity index (χ2n) is 7.13. The molecule has 2 aliphatic heterocycles. The van der Waals surface area contributed by atoms with Crippen molar-refractivity contribution in [1.82, 2.24) is 0 Å². The lowest BCUT2D eigenvalue weighted by molar-refractivity contribution is 0.00513. The van der Waals surface area contributed by atoms with Gasteiger partial charge in [0.1, 0.15) is 5.75 Å². The predicted molar refractivity (Wildman–Crippen MR) is 94.0 cm³/mol. The Bertz CT molecular complexity index is 867. The van der Waals surface area contributed by atoms with Gasteiger partial charge in [0, 0.05) is 0 Å². The molecule has 2 aromatic rings. The van der Waals surface area contributed by atoms with E-state index in [0.717, 1.165) is 28.5 Å². The summed E-state index contributed by atoms with van der Waals surface area (Å²) in [5, 5.41) is 12.5. The fourth-order valence-electron chi connectivity index (χ4n) is 4.32. The first kappa shape index (κ1) is 15.9. The van der Waals surface area contributed by atoms with Crippen LogP contribution in [0.15, 0.2) is 36.4 Å². The van der Waals surface area contributed by atoms with Crippen LogP contribution in [-0.4, -0.2) is 31.1 Å². The van der Waals surface area contributed by atoms with Crippen LogP contribution in [0, 0.1) is 0 Å². The Kier molecular flexibility index (Phi) is 3.62. The van der Waals surface area contributed by atoms with Gasteiger partial charge in [-0.05, 0) is 60.2 Å². The molecule has 4 nitrogen and oxygen atoms in total. The molecule has 2 fully saturated rings. The normalized spacial score (nSPS) is 31.8. The summed E-state index contributed by atoms with van der Waals surface area (Å²) in [5.41, 5.74) is -0.221. The number of fused-ring (bicyclic) bond motifs is 3. The summed E-state index contributed by atoms with van der Waals surface area (Å²) in [7, 11) is -1.43. The van der Waals surface area contributed by atoms with Gasteiger partial charge in [-0.15, -0.1) is 0 Å². The fourth-order valence-corrected chi connectivity index (χ4v) is 6.87. The van der Waals surface area contributed by atoms with Crippen molar-refractivity contribution in [3.63, 3.8) is 0 Å². The van der Waals surface area contributed by atoms with E-state index in [-0.39, 0.29) is 0 Å². The molecule has 2 atom stereocenters. The number of aliphatic hydroxyl groups is 1. The summed E-state index contributed by atoms with van der Waals surface area (Å²) in [6.07, 6.45) is 2.92. The SMILES string of the molecule is COc1ccc2cc(C3(O)CC4CCCC(C3)S4(=O)=O)ccc2c1. The van der Waals surface area contributed by atoms with Crippen molar-refractivity contribution < 1.29 is 18.3 Å². The van der Waals surface area contributed by atoms with Gasteiger partial charge in [0.25, 0.3) is 0 Å². The van der Waals surface area contributed by atoms with Gasteiger partial charge < -0.3 is 9.84 Å². The molecule has 2 aliphatic rings. The van der Waals surface area contributed by atoms with Crippen LogP contribution in [-0.2, 0) is 15.4 Å². The minimum Gasteiger partial charge on any atom is -0.497 e. The smallest absolute Gasteiger partial charge is 0.156 e. The lowest BCUT2D eigenvalue weighted by Crippen LogP contribution is -2.50. The Hall–Kier alpha value is -1.59. The van der Waals surface area contributed by atoms with E-state index < -0.39 is 25.9 Å². The highest BCUT2D eigenvalue weighted by Gasteiger charge is 2.50. The molecule has 2 saturated heterocycles. The molecular weight excluding hydrogens is 324 g/mol. The minimum absolute atomic E-state index is 0.313. The van der Waals surface area contributed by atoms with Crippen molar-refractivity contribution in [2.45, 2.75) is 48.2 Å². The zero-order valence-corrected chi connectivity index (χ0v) is 14.6. The van der Waals surface area contributed by atoms with E-state index in [0.29, 0.717) is 25.7 Å². The molecule has 4 rings (SSSR count). The molecule has 5 heteroatoms. The maximum atomic E-state index is 12.5. The summed E-state index contributed by atoms with van der Waals surface area (Å²) >= 11 is 0. The third-order valence-corrected chi connectivity index (χ3v) is 8.36. The fraction of sp³-hybridized carbons (Fsp3) is 0.474. The Morgan fingerprint density at radius 2 is 1.67 bits per heavy atom. The highest BCUT2D eigenvalue weighted by molar-refractivity contribution is 7.92. The highest BCUT2D eigenvalue weighted by atomic mass is 32.2. The predicted octanol–water partition coefficient (Wildman–Crippen LogP) is 3.17. The Morgan fingerprint density at radius 3 is 2.33 bits per heavy atom. The highest BCUT2D eigenvalue weighted by Crippen LogP contribution is 2.46. The van der Waals surface area contributed by atoms with Crippen LogP contribution in [0.3, 0.4) is 0 Å². The number of hydrogen-bond donors (Lipinski definition) is 1. The van der Waals surface area contributed by atoms with Crippen LogP contribution < -0.4 is 4.74 Å². The van der Waals surface area contributed by atoms with Crippen LogP contribution in [0.4, 0.5) is 0 Å². The number of ether oxygens (including phenoxy) is 1. The van der Waals surface area contributed by atoms with E-state index in [1.807, 2.05) is 36.4 Å². The molecule has 0 aliphatic carbocycles. The first-order valence-corrected chi connectivity index (χ1v) is 10.1. The van der Waals surface area contributed by atoms with Gasteiger partial charge in [0.15, 0.2) is 9.84 Å². The van der Waals surface area contributed by atoms with Crippen molar-refractivity contribution in [2.24, 2.45) is 0 Å². The first-order valence-electron chi connectivity index (χ1n) is 8.46. The standard InChI is InChI=1S/C19H22O4S/c1-23-16-8-6-13-9-15(7-5-14(13)10-16)19(20)11-17-3-2-4-18(12-19)24(17,21)22/h5-10,17-18,20H,2-4,11-12H2,1H3. The van der Waals surface area contributed by atoms with Gasteiger partial charge >= 0.3 is 0 Å². The number of hydrogen-bond acceptors (Lipinski definition) is 4. The average molecular weight is 346 g/mol. The van der Waals surface area contributed by atoms with E-state index in [1.54, 1.807) is 7.11 Å². The third-order valence-electron chi connectivity index (χ3n) is 5.70. The summed E-state index contributed by atoms with van der Waals surface area (Å²) in [6.45, 7) is 0. The second kappa shape index (κ2) is 5.46. The molecule has 0 aromatic heterocycles. The van der Waals surface area contributed by atoms with Gasteiger partial charge in [-0.2, -0.15) is 0 Å². The van der Waals surface area contributed by atoms with Crippen LogP contribution in [0.1, 0.15) is 37.7 Å². The molecular formula is C19H22O4S. The van der Waals surface area contributed by atoms with Crippen LogP contribution in [0.5, 0.6) is 5.75 Å².